The van der Waals surface area contributed by atoms with Crippen molar-refractivity contribution in [1.29, 1.82) is 0 Å². The fourth-order valence-corrected chi connectivity index (χ4v) is 3.77. The van der Waals surface area contributed by atoms with E-state index in [-0.39, 0.29) is 29.7 Å². The van der Waals surface area contributed by atoms with Crippen LogP contribution in [0.15, 0.2) is 30.3 Å². The highest BCUT2D eigenvalue weighted by Crippen LogP contribution is 2.42. The molecule has 10 heteroatoms. The van der Waals surface area contributed by atoms with E-state index >= 15 is 0 Å². The normalized spacial score (nSPS) is 19.0. The van der Waals surface area contributed by atoms with Crippen molar-refractivity contribution in [1.82, 2.24) is 29.9 Å². The average molecular weight is 392 g/mol. The van der Waals surface area contributed by atoms with Crippen molar-refractivity contribution in [2.45, 2.75) is 44.1 Å². The topological polar surface area (TPSA) is 167 Å². The summed E-state index contributed by atoms with van der Waals surface area (Å²) in [5.74, 6) is 2.11. The number of hydrogen-bond acceptors (Lipinski definition) is 10. The molecular formula is C19H24N10. The van der Waals surface area contributed by atoms with Gasteiger partial charge < -0.3 is 22.5 Å². The maximum Gasteiger partial charge on any atom is 0.228 e. The van der Waals surface area contributed by atoms with E-state index in [0.717, 1.165) is 31.2 Å². The summed E-state index contributed by atoms with van der Waals surface area (Å²) in [6.45, 7) is 0.596. The monoisotopic (exact) mass is 392 g/mol. The first-order valence-electron chi connectivity index (χ1n) is 9.64. The smallest absolute Gasteiger partial charge is 0.228 e. The molecular weight excluding hydrogens is 368 g/mol. The van der Waals surface area contributed by atoms with E-state index in [0.29, 0.717) is 24.1 Å². The van der Waals surface area contributed by atoms with Gasteiger partial charge in [0.25, 0.3) is 0 Å². The number of aromatic nitrogens is 6. The Balaban J connectivity index is 1.60. The Morgan fingerprint density at radius 2 is 1.28 bits per heavy atom. The number of nitrogens with zero attached hydrogens (tertiary/aromatic N) is 6. The van der Waals surface area contributed by atoms with Gasteiger partial charge in [0.15, 0.2) is 0 Å². The van der Waals surface area contributed by atoms with Gasteiger partial charge in [0.1, 0.15) is 11.6 Å². The Morgan fingerprint density at radius 1 is 0.724 bits per heavy atom. The Kier molecular flexibility index (Phi) is 5.32. The summed E-state index contributed by atoms with van der Waals surface area (Å²) >= 11 is 0. The molecule has 2 aromatic heterocycles. The summed E-state index contributed by atoms with van der Waals surface area (Å²) in [5, 5.41) is 3.23. The molecule has 150 valence electrons. The second-order valence-corrected chi connectivity index (χ2v) is 7.12. The zero-order chi connectivity index (χ0) is 20.2. The summed E-state index contributed by atoms with van der Waals surface area (Å²) in [4.78, 5) is 25.8. The fourth-order valence-electron chi connectivity index (χ4n) is 3.77. The van der Waals surface area contributed by atoms with Gasteiger partial charge in [0.05, 0.1) is 0 Å². The minimum Gasteiger partial charge on any atom is -0.368 e. The minimum atomic E-state index is 0.000114. The van der Waals surface area contributed by atoms with Gasteiger partial charge >= 0.3 is 0 Å². The van der Waals surface area contributed by atoms with E-state index in [4.69, 9.17) is 17.2 Å². The van der Waals surface area contributed by atoms with Gasteiger partial charge in [-0.1, -0.05) is 43.2 Å². The second kappa shape index (κ2) is 8.21. The minimum absolute atomic E-state index is 0.000114. The maximum absolute atomic E-state index is 5.98. The van der Waals surface area contributed by atoms with Crippen LogP contribution in [0.5, 0.6) is 0 Å². The molecule has 0 bridgehead atoms. The van der Waals surface area contributed by atoms with E-state index in [1.54, 1.807) is 0 Å². The SMILES string of the molecule is Nc1nc(N)nc(C2CCCCC2c2nc(N)nc(NCc3ccccc3)n2)n1. The predicted molar refractivity (Wildman–Crippen MR) is 111 cm³/mol. The van der Waals surface area contributed by atoms with E-state index in [2.05, 4.69) is 35.2 Å². The van der Waals surface area contributed by atoms with Crippen LogP contribution in [0.2, 0.25) is 0 Å². The van der Waals surface area contributed by atoms with Gasteiger partial charge in [-0.15, -0.1) is 0 Å². The number of nitrogens with one attached hydrogen (secondary N) is 1. The fraction of sp³-hybridized carbons (Fsp3) is 0.368. The zero-order valence-corrected chi connectivity index (χ0v) is 16.0. The summed E-state index contributed by atoms with van der Waals surface area (Å²) in [7, 11) is 0. The summed E-state index contributed by atoms with van der Waals surface area (Å²) < 4.78 is 0. The third-order valence-corrected chi connectivity index (χ3v) is 5.08. The highest BCUT2D eigenvalue weighted by Gasteiger charge is 2.33. The van der Waals surface area contributed by atoms with E-state index in [1.165, 1.54) is 0 Å². The molecule has 1 fully saturated rings. The van der Waals surface area contributed by atoms with Crippen LogP contribution < -0.4 is 22.5 Å². The quantitative estimate of drug-likeness (QED) is 0.503. The standard InChI is InChI=1S/C19H24N10/c20-16-24-14(25-17(21)28-16)12-8-4-5-9-13(12)15-26-18(22)29-19(27-15)23-10-11-6-2-1-3-7-11/h1-3,6-7,12-13H,4-5,8-10H2,(H4,20,21,24,25,28)(H3,22,23,26,27,29). The third kappa shape index (κ3) is 4.48. The first kappa shape index (κ1) is 18.8. The molecule has 4 rings (SSSR count). The molecule has 1 aliphatic carbocycles. The van der Waals surface area contributed by atoms with Crippen molar-refractivity contribution in [2.24, 2.45) is 0 Å². The molecule has 1 aliphatic rings. The summed E-state index contributed by atoms with van der Waals surface area (Å²) in [6.07, 6.45) is 3.92. The first-order chi connectivity index (χ1) is 14.1. The van der Waals surface area contributed by atoms with Crippen LogP contribution in [0.3, 0.4) is 0 Å². The summed E-state index contributed by atoms with van der Waals surface area (Å²) in [5.41, 5.74) is 18.7. The molecule has 0 spiro atoms. The molecule has 29 heavy (non-hydrogen) atoms. The molecule has 10 nitrogen and oxygen atoms in total. The number of nitrogens with two attached hydrogens (primary N) is 3. The molecule has 0 aliphatic heterocycles. The molecule has 2 unspecified atom stereocenters. The Labute approximate surface area is 168 Å². The van der Waals surface area contributed by atoms with Gasteiger partial charge in [0, 0.05) is 18.4 Å². The van der Waals surface area contributed by atoms with Crippen molar-refractivity contribution >= 4 is 23.8 Å². The van der Waals surface area contributed by atoms with Gasteiger partial charge in [-0.05, 0) is 18.4 Å². The van der Waals surface area contributed by atoms with Gasteiger partial charge in [0.2, 0.25) is 23.8 Å². The molecule has 3 aromatic rings. The Bertz CT molecular complexity index is 958. The van der Waals surface area contributed by atoms with Gasteiger partial charge in [-0.25, -0.2) is 0 Å². The zero-order valence-electron chi connectivity index (χ0n) is 16.0. The molecule has 0 saturated heterocycles. The Hall–Kier alpha value is -3.56. The van der Waals surface area contributed by atoms with Crippen LogP contribution in [-0.2, 0) is 6.54 Å². The Morgan fingerprint density at radius 3 is 1.90 bits per heavy atom. The van der Waals surface area contributed by atoms with Crippen LogP contribution in [-0.4, -0.2) is 29.9 Å². The predicted octanol–water partition coefficient (Wildman–Crippen LogP) is 1.86. The van der Waals surface area contributed by atoms with Crippen molar-refractivity contribution in [3.63, 3.8) is 0 Å². The van der Waals surface area contributed by atoms with E-state index < -0.39 is 0 Å². The molecule has 0 amide bonds. The maximum atomic E-state index is 5.98. The van der Waals surface area contributed by atoms with Crippen LogP contribution in [0.1, 0.15) is 54.7 Å². The number of hydrogen-bond donors (Lipinski definition) is 4. The van der Waals surface area contributed by atoms with E-state index in [9.17, 15) is 0 Å². The molecule has 7 N–H and O–H groups in total. The lowest BCUT2D eigenvalue weighted by Crippen LogP contribution is -2.23. The number of benzene rings is 1. The lowest BCUT2D eigenvalue weighted by atomic mass is 9.78. The number of rotatable bonds is 5. The van der Waals surface area contributed by atoms with Gasteiger partial charge in [-0.2, -0.15) is 29.9 Å². The molecule has 0 radical (unpaired) electrons. The van der Waals surface area contributed by atoms with Crippen LogP contribution in [0.4, 0.5) is 23.8 Å². The van der Waals surface area contributed by atoms with Crippen LogP contribution in [0, 0.1) is 0 Å². The number of anilines is 4. The van der Waals surface area contributed by atoms with Gasteiger partial charge in [-0.3, -0.25) is 0 Å². The molecule has 1 saturated carbocycles. The van der Waals surface area contributed by atoms with Crippen molar-refractivity contribution < 1.29 is 0 Å². The average Bonchev–Trinajstić information content (AvgIpc) is 2.72. The highest BCUT2D eigenvalue weighted by atomic mass is 15.2. The van der Waals surface area contributed by atoms with Crippen molar-refractivity contribution in [3.05, 3.63) is 47.5 Å². The molecule has 2 atom stereocenters. The van der Waals surface area contributed by atoms with Crippen LogP contribution in [0.25, 0.3) is 0 Å². The summed E-state index contributed by atoms with van der Waals surface area (Å²) in [6, 6.07) is 10.0. The molecule has 2 heterocycles. The van der Waals surface area contributed by atoms with E-state index in [1.807, 2.05) is 30.3 Å². The van der Waals surface area contributed by atoms with Crippen molar-refractivity contribution in [3.8, 4) is 0 Å². The number of nitrogen functional groups attached to an aromatic ring is 3. The lowest BCUT2D eigenvalue weighted by molar-refractivity contribution is 0.361. The first-order valence-corrected chi connectivity index (χ1v) is 9.64. The highest BCUT2D eigenvalue weighted by molar-refractivity contribution is 5.34. The largest absolute Gasteiger partial charge is 0.368 e. The van der Waals surface area contributed by atoms with Crippen LogP contribution >= 0.6 is 0 Å². The van der Waals surface area contributed by atoms with Crippen molar-refractivity contribution in [2.75, 3.05) is 22.5 Å². The third-order valence-electron chi connectivity index (χ3n) is 5.08. The molecule has 1 aromatic carbocycles. The lowest BCUT2D eigenvalue weighted by Gasteiger charge is -2.29. The second-order valence-electron chi connectivity index (χ2n) is 7.12.